The number of hydrogen-bond acceptors (Lipinski definition) is 2. The summed E-state index contributed by atoms with van der Waals surface area (Å²) in [5.41, 5.74) is 0. The molecule has 0 saturated heterocycles. The molecular weight excluding hydrogens is 209 g/mol. The summed E-state index contributed by atoms with van der Waals surface area (Å²) in [5, 5.41) is 4.44. The molecule has 0 spiro atoms. The lowest BCUT2D eigenvalue weighted by Gasteiger charge is -2.12. The van der Waals surface area contributed by atoms with E-state index in [1.807, 2.05) is 5.32 Å². The summed E-state index contributed by atoms with van der Waals surface area (Å²) >= 11 is 0. The molecule has 0 aromatic heterocycles. The molecule has 6 heteroatoms. The second kappa shape index (κ2) is 6.30. The predicted octanol–water partition coefficient (Wildman–Crippen LogP) is 0.666. The van der Waals surface area contributed by atoms with Gasteiger partial charge in [-0.25, -0.2) is 0 Å². The van der Waals surface area contributed by atoms with Gasteiger partial charge in [0.1, 0.15) is 0 Å². The van der Waals surface area contributed by atoms with E-state index in [0.29, 0.717) is 6.42 Å². The van der Waals surface area contributed by atoms with E-state index in [4.69, 9.17) is 6.42 Å². The number of terminal acetylenes is 1. The standard InChI is InChI=1S/C9H13F3N2O/c1-3-4-7(2)14-8(15)5-13-6-9(10,11)12/h1,7,13H,4-6H2,2H3,(H,14,15). The van der Waals surface area contributed by atoms with Gasteiger partial charge in [0, 0.05) is 12.5 Å². The molecule has 86 valence electrons. The van der Waals surface area contributed by atoms with Gasteiger partial charge in [-0.2, -0.15) is 13.2 Å². The molecule has 0 aromatic rings. The zero-order chi connectivity index (χ0) is 11.9. The Morgan fingerprint density at radius 1 is 1.53 bits per heavy atom. The summed E-state index contributed by atoms with van der Waals surface area (Å²) in [6, 6.07) is -0.227. The SMILES string of the molecule is C#CCC(C)NC(=O)CNCC(F)(F)F. The van der Waals surface area contributed by atoms with Crippen LogP contribution < -0.4 is 10.6 Å². The van der Waals surface area contributed by atoms with Gasteiger partial charge < -0.3 is 10.6 Å². The van der Waals surface area contributed by atoms with Crippen LogP contribution in [0, 0.1) is 12.3 Å². The van der Waals surface area contributed by atoms with Crippen LogP contribution in [0.4, 0.5) is 13.2 Å². The van der Waals surface area contributed by atoms with Crippen molar-refractivity contribution in [3.8, 4) is 12.3 Å². The molecule has 0 heterocycles. The molecule has 1 amide bonds. The van der Waals surface area contributed by atoms with Crippen LogP contribution in [-0.4, -0.2) is 31.2 Å². The molecule has 0 aliphatic rings. The van der Waals surface area contributed by atoms with Crippen molar-refractivity contribution in [2.75, 3.05) is 13.1 Å². The highest BCUT2D eigenvalue weighted by molar-refractivity contribution is 5.78. The van der Waals surface area contributed by atoms with E-state index in [1.165, 1.54) is 0 Å². The molecule has 0 rings (SSSR count). The zero-order valence-electron chi connectivity index (χ0n) is 8.32. The quantitative estimate of drug-likeness (QED) is 0.671. The Morgan fingerprint density at radius 3 is 2.60 bits per heavy atom. The lowest BCUT2D eigenvalue weighted by atomic mass is 10.2. The van der Waals surface area contributed by atoms with Gasteiger partial charge in [-0.1, -0.05) is 0 Å². The monoisotopic (exact) mass is 222 g/mol. The van der Waals surface area contributed by atoms with Gasteiger partial charge >= 0.3 is 6.18 Å². The van der Waals surface area contributed by atoms with Crippen molar-refractivity contribution >= 4 is 5.91 Å². The van der Waals surface area contributed by atoms with Crippen molar-refractivity contribution in [2.24, 2.45) is 0 Å². The summed E-state index contributed by atoms with van der Waals surface area (Å²) < 4.78 is 35.0. The van der Waals surface area contributed by atoms with Crippen LogP contribution in [0.1, 0.15) is 13.3 Å². The molecule has 3 nitrogen and oxygen atoms in total. The molecule has 1 atom stereocenters. The van der Waals surface area contributed by atoms with Crippen molar-refractivity contribution in [3.63, 3.8) is 0 Å². The van der Waals surface area contributed by atoms with Crippen LogP contribution in [0.2, 0.25) is 0 Å². The van der Waals surface area contributed by atoms with Crippen molar-refractivity contribution < 1.29 is 18.0 Å². The normalized spacial score (nSPS) is 13.0. The Kier molecular flexibility index (Phi) is 5.79. The van der Waals surface area contributed by atoms with Crippen molar-refractivity contribution in [1.82, 2.24) is 10.6 Å². The first-order valence-electron chi connectivity index (χ1n) is 4.35. The first kappa shape index (κ1) is 13.8. The molecule has 0 aliphatic carbocycles. The third-order valence-corrected chi connectivity index (χ3v) is 1.44. The third-order valence-electron chi connectivity index (χ3n) is 1.44. The Bertz CT molecular complexity index is 245. The van der Waals surface area contributed by atoms with Gasteiger partial charge in [0.2, 0.25) is 5.91 Å². The Hall–Kier alpha value is -1.22. The van der Waals surface area contributed by atoms with Gasteiger partial charge in [0.15, 0.2) is 0 Å². The molecular formula is C9H13F3N2O. The first-order valence-corrected chi connectivity index (χ1v) is 4.35. The molecule has 0 aromatic carbocycles. The van der Waals surface area contributed by atoms with Crippen molar-refractivity contribution in [2.45, 2.75) is 25.6 Å². The topological polar surface area (TPSA) is 41.1 Å². The Balaban J connectivity index is 3.63. The number of alkyl halides is 3. The predicted molar refractivity (Wildman–Crippen MR) is 50.0 cm³/mol. The van der Waals surface area contributed by atoms with E-state index in [0.717, 1.165) is 0 Å². The van der Waals surface area contributed by atoms with Crippen molar-refractivity contribution in [3.05, 3.63) is 0 Å². The number of carbonyl (C=O) groups excluding carboxylic acids is 1. The Labute approximate surface area is 86.4 Å². The molecule has 1 unspecified atom stereocenters. The smallest absolute Gasteiger partial charge is 0.352 e. The maximum absolute atomic E-state index is 11.7. The Morgan fingerprint density at radius 2 is 2.13 bits per heavy atom. The zero-order valence-corrected chi connectivity index (χ0v) is 8.32. The van der Waals surface area contributed by atoms with Gasteiger partial charge in [-0.3, -0.25) is 4.79 Å². The summed E-state index contributed by atoms with van der Waals surface area (Å²) in [6.07, 6.45) is 1.05. The van der Waals surface area contributed by atoms with Crippen LogP contribution in [0.5, 0.6) is 0 Å². The largest absolute Gasteiger partial charge is 0.401 e. The van der Waals surface area contributed by atoms with E-state index >= 15 is 0 Å². The summed E-state index contributed by atoms with van der Waals surface area (Å²) in [6.45, 7) is 0.139. The highest BCUT2D eigenvalue weighted by atomic mass is 19.4. The van der Waals surface area contributed by atoms with Gasteiger partial charge in [0.25, 0.3) is 0 Å². The van der Waals surface area contributed by atoms with Gasteiger partial charge in [-0.15, -0.1) is 12.3 Å². The van der Waals surface area contributed by atoms with E-state index < -0.39 is 18.6 Å². The number of nitrogens with one attached hydrogen (secondary N) is 2. The van der Waals surface area contributed by atoms with Crippen LogP contribution in [0.3, 0.4) is 0 Å². The molecule has 0 saturated carbocycles. The lowest BCUT2D eigenvalue weighted by Crippen LogP contribution is -2.41. The highest BCUT2D eigenvalue weighted by Gasteiger charge is 2.26. The second-order valence-electron chi connectivity index (χ2n) is 3.10. The number of rotatable bonds is 5. The summed E-state index contributed by atoms with van der Waals surface area (Å²) in [7, 11) is 0. The molecule has 0 bridgehead atoms. The fourth-order valence-corrected chi connectivity index (χ4v) is 0.871. The van der Waals surface area contributed by atoms with E-state index in [2.05, 4.69) is 11.2 Å². The van der Waals surface area contributed by atoms with Crippen LogP contribution in [-0.2, 0) is 4.79 Å². The van der Waals surface area contributed by atoms with Gasteiger partial charge in [-0.05, 0) is 6.92 Å². The van der Waals surface area contributed by atoms with Gasteiger partial charge in [0.05, 0.1) is 13.1 Å². The van der Waals surface area contributed by atoms with E-state index in [1.54, 1.807) is 6.92 Å². The maximum Gasteiger partial charge on any atom is 0.401 e. The lowest BCUT2D eigenvalue weighted by molar-refractivity contribution is -0.128. The van der Waals surface area contributed by atoms with Crippen LogP contribution in [0.15, 0.2) is 0 Å². The third kappa shape index (κ3) is 9.09. The molecule has 0 radical (unpaired) electrons. The average Bonchev–Trinajstić information content (AvgIpc) is 2.01. The summed E-state index contributed by atoms with van der Waals surface area (Å²) in [5.74, 6) is 1.84. The minimum Gasteiger partial charge on any atom is -0.352 e. The molecule has 2 N–H and O–H groups in total. The van der Waals surface area contributed by atoms with Crippen molar-refractivity contribution in [1.29, 1.82) is 0 Å². The second-order valence-corrected chi connectivity index (χ2v) is 3.10. The number of amides is 1. The first-order chi connectivity index (χ1) is 6.85. The van der Waals surface area contributed by atoms with E-state index in [-0.39, 0.29) is 12.6 Å². The average molecular weight is 222 g/mol. The fourth-order valence-electron chi connectivity index (χ4n) is 0.871. The summed E-state index contributed by atoms with van der Waals surface area (Å²) in [4.78, 5) is 11.0. The van der Waals surface area contributed by atoms with E-state index in [9.17, 15) is 18.0 Å². The maximum atomic E-state index is 11.7. The minimum absolute atomic E-state index is 0.227. The molecule has 15 heavy (non-hydrogen) atoms. The molecule has 0 aliphatic heterocycles. The number of hydrogen-bond donors (Lipinski definition) is 2. The number of halogens is 3. The minimum atomic E-state index is -4.30. The fraction of sp³-hybridized carbons (Fsp3) is 0.667. The highest BCUT2D eigenvalue weighted by Crippen LogP contribution is 2.11. The van der Waals surface area contributed by atoms with Crippen LogP contribution >= 0.6 is 0 Å². The number of carbonyl (C=O) groups is 1. The molecule has 0 fully saturated rings. The van der Waals surface area contributed by atoms with Crippen LogP contribution in [0.25, 0.3) is 0 Å².